The van der Waals surface area contributed by atoms with Crippen molar-refractivity contribution in [3.63, 3.8) is 0 Å². The van der Waals surface area contributed by atoms with Crippen LogP contribution in [0.5, 0.6) is 11.5 Å². The van der Waals surface area contributed by atoms with Gasteiger partial charge in [-0.15, -0.1) is 0 Å². The van der Waals surface area contributed by atoms with Crippen molar-refractivity contribution in [2.24, 2.45) is 0 Å². The average molecular weight is 482 g/mol. The molecule has 1 heterocycles. The van der Waals surface area contributed by atoms with Gasteiger partial charge in [-0.05, 0) is 69.0 Å². The number of hydrogen-bond acceptors (Lipinski definition) is 7. The Morgan fingerprint density at radius 2 is 1.66 bits per heavy atom. The minimum absolute atomic E-state index is 0.236. The van der Waals surface area contributed by atoms with E-state index in [0.29, 0.717) is 24.3 Å². The maximum atomic E-state index is 12.2. The second kappa shape index (κ2) is 11.6. The third-order valence-electron chi connectivity index (χ3n) is 5.07. The van der Waals surface area contributed by atoms with Crippen molar-refractivity contribution in [1.82, 2.24) is 5.32 Å². The van der Waals surface area contributed by atoms with Crippen molar-refractivity contribution in [3.05, 3.63) is 59.0 Å². The van der Waals surface area contributed by atoms with E-state index in [-0.39, 0.29) is 12.4 Å². The molecule has 0 saturated carbocycles. The van der Waals surface area contributed by atoms with E-state index in [1.165, 1.54) is 6.07 Å². The lowest BCUT2D eigenvalue weighted by Gasteiger charge is -2.19. The zero-order valence-corrected chi connectivity index (χ0v) is 20.5. The van der Waals surface area contributed by atoms with E-state index in [0.717, 1.165) is 35.1 Å². The number of esters is 1. The number of nitrogens with one attached hydrogen (secondary N) is 1. The quantitative estimate of drug-likeness (QED) is 0.187. The fraction of sp³-hybridized carbons (Fsp3) is 0.370. The molecule has 1 N–H and O–H groups in total. The molecule has 0 unspecified atom stereocenters. The minimum Gasteiger partial charge on any atom is -0.497 e. The number of ether oxygens (including phenoxy) is 3. The van der Waals surface area contributed by atoms with Crippen molar-refractivity contribution in [1.29, 1.82) is 0 Å². The molecular formula is C27H31NO7. The van der Waals surface area contributed by atoms with Crippen molar-refractivity contribution in [3.8, 4) is 22.6 Å². The summed E-state index contributed by atoms with van der Waals surface area (Å²) in [6.07, 6.45) is 1.89. The molecule has 0 atom stereocenters. The molecular weight excluding hydrogens is 450 g/mol. The summed E-state index contributed by atoms with van der Waals surface area (Å²) in [5, 5.41) is 3.42. The predicted molar refractivity (Wildman–Crippen MR) is 133 cm³/mol. The number of fused-ring (bicyclic) bond motifs is 1. The molecule has 8 heteroatoms. The first kappa shape index (κ1) is 25.8. The molecule has 8 nitrogen and oxygen atoms in total. The van der Waals surface area contributed by atoms with Gasteiger partial charge in [0.15, 0.2) is 0 Å². The molecule has 0 saturated heterocycles. The van der Waals surface area contributed by atoms with E-state index in [2.05, 4.69) is 5.32 Å². The Balaban J connectivity index is 1.53. The smallest absolute Gasteiger partial charge is 0.407 e. The number of alkyl carbamates (subject to hydrolysis) is 1. The van der Waals surface area contributed by atoms with Crippen LogP contribution in [0.4, 0.5) is 4.79 Å². The zero-order chi connectivity index (χ0) is 25.4. The second-order valence-corrected chi connectivity index (χ2v) is 9.08. The summed E-state index contributed by atoms with van der Waals surface area (Å²) >= 11 is 0. The molecule has 3 rings (SSSR count). The molecule has 35 heavy (non-hydrogen) atoms. The first-order chi connectivity index (χ1) is 16.6. The number of carbonyl (C=O) groups excluding carboxylic acids is 2. The fourth-order valence-corrected chi connectivity index (χ4v) is 3.47. The highest BCUT2D eigenvalue weighted by Gasteiger charge is 2.15. The number of hydrogen-bond donors (Lipinski definition) is 1. The third-order valence-corrected chi connectivity index (χ3v) is 5.07. The minimum atomic E-state index is -0.531. The van der Waals surface area contributed by atoms with Crippen LogP contribution in [0.2, 0.25) is 0 Å². The van der Waals surface area contributed by atoms with Crippen molar-refractivity contribution in [2.75, 3.05) is 13.7 Å². The highest BCUT2D eigenvalue weighted by atomic mass is 16.6. The van der Waals surface area contributed by atoms with Crippen LogP contribution >= 0.6 is 0 Å². The first-order valence-corrected chi connectivity index (χ1v) is 11.5. The second-order valence-electron chi connectivity index (χ2n) is 9.08. The Hall–Kier alpha value is -3.81. The van der Waals surface area contributed by atoms with Crippen LogP contribution in [0, 0.1) is 0 Å². The van der Waals surface area contributed by atoms with Gasteiger partial charge in [0.2, 0.25) is 0 Å². The Bertz CT molecular complexity index is 1220. The van der Waals surface area contributed by atoms with Crippen LogP contribution in [-0.4, -0.2) is 31.3 Å². The fourth-order valence-electron chi connectivity index (χ4n) is 3.47. The number of methoxy groups -OCH3 is 1. The van der Waals surface area contributed by atoms with Gasteiger partial charge in [-0.2, -0.15) is 0 Å². The SMILES string of the molecule is COc1ccc(-c2cc(=O)oc3cc(OC(=O)CCCCCNC(=O)OC(C)(C)C)ccc23)cc1. The summed E-state index contributed by atoms with van der Waals surface area (Å²) in [5.41, 5.74) is 0.871. The molecule has 1 aromatic heterocycles. The van der Waals surface area contributed by atoms with Crippen LogP contribution in [0.1, 0.15) is 46.5 Å². The number of unbranched alkanes of at least 4 members (excludes halogenated alkanes) is 2. The lowest BCUT2D eigenvalue weighted by molar-refractivity contribution is -0.134. The van der Waals surface area contributed by atoms with Gasteiger partial charge in [0, 0.05) is 30.5 Å². The average Bonchev–Trinajstić information content (AvgIpc) is 2.79. The standard InChI is InChI=1S/C27H31NO7/c1-27(2,3)35-26(31)28-15-7-5-6-8-24(29)33-20-13-14-21-22(17-25(30)34-23(21)16-20)18-9-11-19(32-4)12-10-18/h9-14,16-17H,5-8,15H2,1-4H3,(H,28,31). The van der Waals surface area contributed by atoms with Gasteiger partial charge in [-0.25, -0.2) is 9.59 Å². The van der Waals surface area contributed by atoms with E-state index in [4.69, 9.17) is 18.6 Å². The largest absolute Gasteiger partial charge is 0.497 e. The molecule has 0 spiro atoms. The van der Waals surface area contributed by atoms with Gasteiger partial charge in [-0.3, -0.25) is 4.79 Å². The van der Waals surface area contributed by atoms with E-state index in [1.54, 1.807) is 46.1 Å². The van der Waals surface area contributed by atoms with Crippen LogP contribution in [0.15, 0.2) is 57.7 Å². The number of rotatable bonds is 9. The number of amides is 1. The maximum Gasteiger partial charge on any atom is 0.407 e. The highest BCUT2D eigenvalue weighted by molar-refractivity contribution is 5.94. The molecule has 0 fully saturated rings. The van der Waals surface area contributed by atoms with Crippen LogP contribution < -0.4 is 20.4 Å². The van der Waals surface area contributed by atoms with E-state index < -0.39 is 17.3 Å². The Labute approximate surface area is 204 Å². The highest BCUT2D eigenvalue weighted by Crippen LogP contribution is 2.30. The molecule has 0 aliphatic rings. The van der Waals surface area contributed by atoms with Gasteiger partial charge < -0.3 is 23.9 Å². The van der Waals surface area contributed by atoms with Gasteiger partial charge in [0.25, 0.3) is 0 Å². The summed E-state index contributed by atoms with van der Waals surface area (Å²) in [6, 6.07) is 13.8. The van der Waals surface area contributed by atoms with E-state index >= 15 is 0 Å². The summed E-state index contributed by atoms with van der Waals surface area (Å²) in [6.45, 7) is 5.90. The van der Waals surface area contributed by atoms with Crippen LogP contribution in [0.25, 0.3) is 22.1 Å². The summed E-state index contributed by atoms with van der Waals surface area (Å²) in [5.74, 6) is 0.650. The normalized spacial score (nSPS) is 11.2. The Morgan fingerprint density at radius 3 is 2.34 bits per heavy atom. The summed E-state index contributed by atoms with van der Waals surface area (Å²) < 4.78 is 21.1. The summed E-state index contributed by atoms with van der Waals surface area (Å²) in [4.78, 5) is 36.0. The lowest BCUT2D eigenvalue weighted by atomic mass is 10.0. The Morgan fingerprint density at radius 1 is 0.943 bits per heavy atom. The van der Waals surface area contributed by atoms with Gasteiger partial charge in [0.1, 0.15) is 22.7 Å². The molecule has 2 aromatic carbocycles. The number of carbonyl (C=O) groups is 2. The first-order valence-electron chi connectivity index (χ1n) is 11.5. The number of benzene rings is 2. The zero-order valence-electron chi connectivity index (χ0n) is 20.5. The molecule has 0 aliphatic carbocycles. The van der Waals surface area contributed by atoms with E-state index in [9.17, 15) is 14.4 Å². The van der Waals surface area contributed by atoms with Crippen molar-refractivity contribution < 1.29 is 28.2 Å². The molecule has 0 bridgehead atoms. The summed E-state index contributed by atoms with van der Waals surface area (Å²) in [7, 11) is 1.59. The van der Waals surface area contributed by atoms with Gasteiger partial charge in [0.05, 0.1) is 7.11 Å². The van der Waals surface area contributed by atoms with Gasteiger partial charge in [-0.1, -0.05) is 18.6 Å². The predicted octanol–water partition coefficient (Wildman–Crippen LogP) is 5.46. The topological polar surface area (TPSA) is 104 Å². The molecule has 1 amide bonds. The third kappa shape index (κ3) is 7.88. The lowest BCUT2D eigenvalue weighted by Crippen LogP contribution is -2.33. The van der Waals surface area contributed by atoms with E-state index in [1.807, 2.05) is 24.3 Å². The monoisotopic (exact) mass is 481 g/mol. The molecule has 3 aromatic rings. The van der Waals surface area contributed by atoms with Crippen molar-refractivity contribution >= 4 is 23.0 Å². The molecule has 0 radical (unpaired) electrons. The van der Waals surface area contributed by atoms with Crippen LogP contribution in [0.3, 0.4) is 0 Å². The maximum absolute atomic E-state index is 12.2. The Kier molecular flexibility index (Phi) is 8.52. The molecule has 186 valence electrons. The van der Waals surface area contributed by atoms with Crippen LogP contribution in [-0.2, 0) is 9.53 Å². The molecule has 0 aliphatic heterocycles. The van der Waals surface area contributed by atoms with Gasteiger partial charge >= 0.3 is 17.7 Å². The van der Waals surface area contributed by atoms with Crippen molar-refractivity contribution in [2.45, 2.75) is 52.1 Å².